The standard InChI is InChI=1S/C6H14Se/c1-3-4-6(2)5-7/h6-7H,3-5H2,1-2H3. The third-order valence-corrected chi connectivity index (χ3v) is 2.40. The summed E-state index contributed by atoms with van der Waals surface area (Å²) >= 11 is 2.64. The van der Waals surface area contributed by atoms with Crippen LogP contribution in [-0.4, -0.2) is 16.0 Å². The van der Waals surface area contributed by atoms with Crippen LogP contribution in [0.4, 0.5) is 0 Å². The van der Waals surface area contributed by atoms with Gasteiger partial charge in [0, 0.05) is 0 Å². The molecule has 7 heavy (non-hydrogen) atoms. The van der Waals surface area contributed by atoms with Gasteiger partial charge in [0.25, 0.3) is 0 Å². The summed E-state index contributed by atoms with van der Waals surface area (Å²) < 4.78 is 0. The summed E-state index contributed by atoms with van der Waals surface area (Å²) in [6, 6.07) is 0. The van der Waals surface area contributed by atoms with Crippen LogP contribution in [0.1, 0.15) is 26.7 Å². The molecule has 0 aliphatic carbocycles. The van der Waals surface area contributed by atoms with E-state index in [4.69, 9.17) is 0 Å². The number of hydrogen-bond acceptors (Lipinski definition) is 0. The maximum atomic E-state index is 2.64. The van der Waals surface area contributed by atoms with Crippen molar-refractivity contribution in [3.8, 4) is 0 Å². The summed E-state index contributed by atoms with van der Waals surface area (Å²) in [4.78, 5) is 0. The molecule has 0 aromatic rings. The third kappa shape index (κ3) is 4.37. The van der Waals surface area contributed by atoms with Crippen molar-refractivity contribution in [1.29, 1.82) is 0 Å². The zero-order valence-corrected chi connectivity index (χ0v) is 7.02. The minimum atomic E-state index is 0.921. The van der Waals surface area contributed by atoms with Crippen molar-refractivity contribution in [2.75, 3.05) is 0 Å². The Hall–Kier alpha value is 0.519. The first kappa shape index (κ1) is 7.52. The normalized spacial score (nSPS) is 14.1. The van der Waals surface area contributed by atoms with Crippen molar-refractivity contribution < 1.29 is 0 Å². The van der Waals surface area contributed by atoms with E-state index < -0.39 is 0 Å². The molecule has 0 amide bonds. The van der Waals surface area contributed by atoms with Gasteiger partial charge in [-0.05, 0) is 0 Å². The van der Waals surface area contributed by atoms with Gasteiger partial charge in [-0.3, -0.25) is 0 Å². The van der Waals surface area contributed by atoms with Crippen LogP contribution in [0.25, 0.3) is 0 Å². The fourth-order valence-electron chi connectivity index (χ4n) is 0.584. The van der Waals surface area contributed by atoms with E-state index in [0.29, 0.717) is 0 Å². The first-order chi connectivity index (χ1) is 3.31. The Balaban J connectivity index is 2.83. The van der Waals surface area contributed by atoms with Crippen LogP contribution in [0.3, 0.4) is 0 Å². The van der Waals surface area contributed by atoms with Gasteiger partial charge < -0.3 is 0 Å². The zero-order valence-electron chi connectivity index (χ0n) is 5.15. The molecule has 0 aliphatic rings. The van der Waals surface area contributed by atoms with Gasteiger partial charge in [0.15, 0.2) is 0 Å². The van der Waals surface area contributed by atoms with Crippen LogP contribution in [-0.2, 0) is 0 Å². The van der Waals surface area contributed by atoms with E-state index in [1.165, 1.54) is 18.2 Å². The molecule has 0 radical (unpaired) electrons. The van der Waals surface area contributed by atoms with Gasteiger partial charge in [-0.1, -0.05) is 0 Å². The topological polar surface area (TPSA) is 0 Å². The predicted octanol–water partition coefficient (Wildman–Crippen LogP) is 1.74. The SMILES string of the molecule is CCCC(C)C[SeH]. The molecule has 0 saturated heterocycles. The van der Waals surface area contributed by atoms with Crippen molar-refractivity contribution in [3.63, 3.8) is 0 Å². The van der Waals surface area contributed by atoms with Crippen LogP contribution in [0, 0.1) is 5.92 Å². The van der Waals surface area contributed by atoms with Gasteiger partial charge >= 0.3 is 53.9 Å². The molecule has 0 bridgehead atoms. The average Bonchev–Trinajstić information content (AvgIpc) is 1.68. The summed E-state index contributed by atoms with van der Waals surface area (Å²) in [7, 11) is 0. The second kappa shape index (κ2) is 4.67. The van der Waals surface area contributed by atoms with Crippen molar-refractivity contribution in [2.45, 2.75) is 32.0 Å². The van der Waals surface area contributed by atoms with Gasteiger partial charge in [0.05, 0.1) is 0 Å². The van der Waals surface area contributed by atoms with E-state index in [2.05, 4.69) is 29.9 Å². The summed E-state index contributed by atoms with van der Waals surface area (Å²) in [5.41, 5.74) is 0. The molecular weight excluding hydrogens is 151 g/mol. The van der Waals surface area contributed by atoms with Crippen molar-refractivity contribution in [2.24, 2.45) is 5.92 Å². The first-order valence-electron chi connectivity index (χ1n) is 2.92. The van der Waals surface area contributed by atoms with E-state index in [1.54, 1.807) is 0 Å². The van der Waals surface area contributed by atoms with Gasteiger partial charge in [0.2, 0.25) is 0 Å². The molecule has 0 rings (SSSR count). The Morgan fingerprint density at radius 1 is 1.57 bits per heavy atom. The molecule has 0 aromatic heterocycles. The average molecular weight is 165 g/mol. The van der Waals surface area contributed by atoms with Crippen molar-refractivity contribution in [3.05, 3.63) is 0 Å². The molecule has 0 N–H and O–H groups in total. The fourth-order valence-corrected chi connectivity index (χ4v) is 0.967. The summed E-state index contributed by atoms with van der Waals surface area (Å²) in [5, 5.41) is 1.28. The molecule has 0 heterocycles. The Bertz CT molecular complexity index is 35.2. The Kier molecular flexibility index (Phi) is 5.02. The van der Waals surface area contributed by atoms with E-state index >= 15 is 0 Å². The Labute approximate surface area is 54.5 Å². The van der Waals surface area contributed by atoms with Gasteiger partial charge in [-0.15, -0.1) is 0 Å². The van der Waals surface area contributed by atoms with Gasteiger partial charge in [0.1, 0.15) is 0 Å². The second-order valence-electron chi connectivity index (χ2n) is 2.08. The van der Waals surface area contributed by atoms with Gasteiger partial charge in [-0.25, -0.2) is 0 Å². The molecule has 0 saturated carbocycles. The van der Waals surface area contributed by atoms with Crippen LogP contribution in [0.2, 0.25) is 5.32 Å². The number of hydrogen-bond donors (Lipinski definition) is 0. The van der Waals surface area contributed by atoms with Crippen LogP contribution in [0.5, 0.6) is 0 Å². The molecule has 0 nitrogen and oxygen atoms in total. The first-order valence-corrected chi connectivity index (χ1v) is 4.24. The second-order valence-corrected chi connectivity index (χ2v) is 2.84. The van der Waals surface area contributed by atoms with Crippen LogP contribution < -0.4 is 0 Å². The fraction of sp³-hybridized carbons (Fsp3) is 1.00. The summed E-state index contributed by atoms with van der Waals surface area (Å²) in [6.07, 6.45) is 2.72. The molecule has 0 aliphatic heterocycles. The molecule has 0 fully saturated rings. The Morgan fingerprint density at radius 2 is 2.14 bits per heavy atom. The van der Waals surface area contributed by atoms with Crippen LogP contribution >= 0.6 is 0 Å². The maximum absolute atomic E-state index is 2.64. The molecule has 44 valence electrons. The van der Waals surface area contributed by atoms with Crippen molar-refractivity contribution in [1.82, 2.24) is 0 Å². The quantitative estimate of drug-likeness (QED) is 0.559. The molecule has 0 aromatic carbocycles. The zero-order chi connectivity index (χ0) is 5.70. The molecule has 1 unspecified atom stereocenters. The third-order valence-electron chi connectivity index (χ3n) is 1.09. The Morgan fingerprint density at radius 3 is 2.29 bits per heavy atom. The van der Waals surface area contributed by atoms with E-state index in [1.807, 2.05) is 0 Å². The summed E-state index contributed by atoms with van der Waals surface area (Å²) in [5.74, 6) is 0.921. The predicted molar refractivity (Wildman–Crippen MR) is 36.0 cm³/mol. The molecule has 0 spiro atoms. The van der Waals surface area contributed by atoms with Crippen molar-refractivity contribution >= 4 is 16.0 Å². The number of rotatable bonds is 3. The van der Waals surface area contributed by atoms with E-state index in [-0.39, 0.29) is 0 Å². The van der Waals surface area contributed by atoms with Crippen LogP contribution in [0.15, 0.2) is 0 Å². The minimum absolute atomic E-state index is 0.921. The summed E-state index contributed by atoms with van der Waals surface area (Å²) in [6.45, 7) is 4.53. The van der Waals surface area contributed by atoms with Gasteiger partial charge in [-0.2, -0.15) is 0 Å². The molecule has 1 atom stereocenters. The van der Waals surface area contributed by atoms with E-state index in [0.717, 1.165) is 5.92 Å². The monoisotopic (exact) mass is 166 g/mol. The molecule has 1 heteroatoms. The molecular formula is C6H14Se. The van der Waals surface area contributed by atoms with E-state index in [9.17, 15) is 0 Å².